The highest BCUT2D eigenvalue weighted by atomic mass is 16.5. The van der Waals surface area contributed by atoms with Crippen LogP contribution in [0.1, 0.15) is 55.5 Å². The number of rotatable bonds is 6. The fraction of sp³-hybridized carbons (Fsp3) is 0.429. The van der Waals surface area contributed by atoms with Crippen molar-refractivity contribution in [3.63, 3.8) is 0 Å². The highest BCUT2D eigenvalue weighted by molar-refractivity contribution is 6.07. The lowest BCUT2D eigenvalue weighted by Gasteiger charge is -2.28. The molecule has 0 unspecified atom stereocenters. The molecule has 2 aliphatic rings. The van der Waals surface area contributed by atoms with Gasteiger partial charge in [-0.1, -0.05) is 18.1 Å². The molecule has 2 aliphatic carbocycles. The molecule has 2 saturated carbocycles. The van der Waals surface area contributed by atoms with Crippen molar-refractivity contribution in [2.75, 3.05) is 6.61 Å². The van der Waals surface area contributed by atoms with Gasteiger partial charge in [0.2, 0.25) is 0 Å². The number of hydrogen-bond acceptors (Lipinski definition) is 3. The molecule has 0 spiro atoms. The topological polar surface area (TPSA) is 51.2 Å². The number of amides is 1. The molecule has 0 aliphatic heterocycles. The first kappa shape index (κ1) is 21.0. The van der Waals surface area contributed by atoms with Gasteiger partial charge in [-0.15, -0.1) is 0 Å². The van der Waals surface area contributed by atoms with Crippen molar-refractivity contribution in [1.82, 2.24) is 10.3 Å². The van der Waals surface area contributed by atoms with Gasteiger partial charge >= 0.3 is 0 Å². The lowest BCUT2D eigenvalue weighted by Crippen LogP contribution is -2.40. The number of aryl methyl sites for hydroxylation is 1. The molecular weight excluding hydrogens is 396 g/mol. The average Bonchev–Trinajstić information content (AvgIpc) is 3.43. The van der Waals surface area contributed by atoms with E-state index in [-0.39, 0.29) is 11.9 Å². The van der Waals surface area contributed by atoms with Crippen LogP contribution in [0.15, 0.2) is 48.5 Å². The zero-order chi connectivity index (χ0) is 22.2. The Morgan fingerprint density at radius 3 is 2.62 bits per heavy atom. The number of fused-ring (bicyclic) bond motifs is 3. The van der Waals surface area contributed by atoms with Gasteiger partial charge in [0, 0.05) is 17.0 Å². The molecule has 0 saturated heterocycles. The maximum Gasteiger partial charge on any atom is 0.252 e. The van der Waals surface area contributed by atoms with Gasteiger partial charge in [-0.3, -0.25) is 4.79 Å². The Morgan fingerprint density at radius 1 is 1.12 bits per heavy atom. The summed E-state index contributed by atoms with van der Waals surface area (Å²) in [5.74, 6) is 3.11. The Balaban J connectivity index is 1.47. The van der Waals surface area contributed by atoms with Gasteiger partial charge < -0.3 is 10.1 Å². The van der Waals surface area contributed by atoms with Gasteiger partial charge in [-0.25, -0.2) is 4.98 Å². The molecule has 4 atom stereocenters. The van der Waals surface area contributed by atoms with Gasteiger partial charge in [-0.05, 0) is 100 Å². The predicted octanol–water partition coefficient (Wildman–Crippen LogP) is 6.16. The molecule has 32 heavy (non-hydrogen) atoms. The molecule has 4 heteroatoms. The minimum absolute atomic E-state index is 0.00506. The first-order valence-electron chi connectivity index (χ1n) is 12.0. The molecule has 5 rings (SSSR count). The van der Waals surface area contributed by atoms with Crippen LogP contribution in [0.2, 0.25) is 0 Å². The Labute approximate surface area is 190 Å². The van der Waals surface area contributed by atoms with Crippen LogP contribution in [0.5, 0.6) is 5.75 Å². The molecular formula is C28H32N2O2. The molecule has 2 fully saturated rings. The van der Waals surface area contributed by atoms with Crippen LogP contribution < -0.4 is 10.1 Å². The molecule has 1 heterocycles. The first-order valence-corrected chi connectivity index (χ1v) is 12.0. The van der Waals surface area contributed by atoms with Crippen LogP contribution in [0.3, 0.4) is 0 Å². The van der Waals surface area contributed by atoms with E-state index in [2.05, 4.69) is 31.3 Å². The normalized spacial score (nSPS) is 22.8. The minimum Gasteiger partial charge on any atom is -0.494 e. The molecule has 1 N–H and O–H groups in total. The van der Waals surface area contributed by atoms with Gasteiger partial charge in [-0.2, -0.15) is 0 Å². The van der Waals surface area contributed by atoms with E-state index in [1.165, 1.54) is 25.7 Å². The molecule has 1 amide bonds. The number of pyridine rings is 1. The number of nitrogens with one attached hydrogen (secondary N) is 1. The molecule has 3 aromatic rings. The van der Waals surface area contributed by atoms with Crippen LogP contribution in [-0.2, 0) is 0 Å². The summed E-state index contributed by atoms with van der Waals surface area (Å²) in [6, 6.07) is 16.2. The van der Waals surface area contributed by atoms with E-state index in [1.54, 1.807) is 0 Å². The third-order valence-electron chi connectivity index (χ3n) is 7.46. The molecule has 1 aromatic heterocycles. The highest BCUT2D eigenvalue weighted by Gasteiger charge is 2.42. The molecule has 2 bridgehead atoms. The third-order valence-corrected chi connectivity index (χ3v) is 7.46. The van der Waals surface area contributed by atoms with E-state index in [1.807, 2.05) is 43.3 Å². The standard InChI is InChI=1S/C28H32N2O2/c1-4-32-22-10-8-20(9-11-22)27-16-25(24-13-17(2)5-12-26(24)30-27)28(31)29-18(3)23-15-19-6-7-21(23)14-19/h5,8-13,16,18-19,21,23H,4,6-7,14-15H2,1-3H3,(H,29,31)/t18-,19-,21-,23+/m0/s1. The van der Waals surface area contributed by atoms with Crippen molar-refractivity contribution in [3.8, 4) is 17.0 Å². The number of hydrogen-bond donors (Lipinski definition) is 1. The smallest absolute Gasteiger partial charge is 0.252 e. The maximum absolute atomic E-state index is 13.5. The Kier molecular flexibility index (Phi) is 5.62. The SMILES string of the molecule is CCOc1ccc(-c2cc(C(=O)N[C@@H](C)[C@H]3C[C@H]4CC[C@H]3C4)c3cc(C)ccc3n2)cc1. The largest absolute Gasteiger partial charge is 0.494 e. The fourth-order valence-corrected chi connectivity index (χ4v) is 5.86. The fourth-order valence-electron chi connectivity index (χ4n) is 5.86. The lowest BCUT2D eigenvalue weighted by atomic mass is 9.84. The zero-order valence-electron chi connectivity index (χ0n) is 19.2. The van der Waals surface area contributed by atoms with Crippen LogP contribution in [0.4, 0.5) is 0 Å². The predicted molar refractivity (Wildman–Crippen MR) is 129 cm³/mol. The number of aromatic nitrogens is 1. The maximum atomic E-state index is 13.5. The number of ether oxygens (including phenoxy) is 1. The van der Waals surface area contributed by atoms with E-state index in [0.29, 0.717) is 18.1 Å². The van der Waals surface area contributed by atoms with Crippen LogP contribution in [-0.4, -0.2) is 23.5 Å². The number of benzene rings is 2. The number of nitrogens with zero attached hydrogens (tertiary/aromatic N) is 1. The lowest BCUT2D eigenvalue weighted by molar-refractivity contribution is 0.0917. The summed E-state index contributed by atoms with van der Waals surface area (Å²) in [7, 11) is 0. The van der Waals surface area contributed by atoms with Crippen molar-refractivity contribution < 1.29 is 9.53 Å². The van der Waals surface area contributed by atoms with Gasteiger partial charge in [0.05, 0.1) is 23.4 Å². The van der Waals surface area contributed by atoms with Crippen molar-refractivity contribution in [3.05, 3.63) is 59.7 Å². The second-order valence-corrected chi connectivity index (χ2v) is 9.63. The summed E-state index contributed by atoms with van der Waals surface area (Å²) in [5, 5.41) is 4.27. The van der Waals surface area contributed by atoms with Gasteiger partial charge in [0.15, 0.2) is 0 Å². The van der Waals surface area contributed by atoms with E-state index in [4.69, 9.17) is 9.72 Å². The first-order chi connectivity index (χ1) is 15.5. The average molecular weight is 429 g/mol. The minimum atomic E-state index is 0.00506. The van der Waals surface area contributed by atoms with E-state index >= 15 is 0 Å². The second-order valence-electron chi connectivity index (χ2n) is 9.63. The van der Waals surface area contributed by atoms with E-state index < -0.39 is 0 Å². The second kappa shape index (κ2) is 8.57. The monoisotopic (exact) mass is 428 g/mol. The van der Waals surface area contributed by atoms with Gasteiger partial charge in [0.1, 0.15) is 5.75 Å². The Hall–Kier alpha value is -2.88. The molecule has 0 radical (unpaired) electrons. The van der Waals surface area contributed by atoms with E-state index in [0.717, 1.165) is 45.3 Å². The Morgan fingerprint density at radius 2 is 1.94 bits per heavy atom. The summed E-state index contributed by atoms with van der Waals surface area (Å²) in [4.78, 5) is 18.4. The molecule has 2 aromatic carbocycles. The molecule has 4 nitrogen and oxygen atoms in total. The van der Waals surface area contributed by atoms with Crippen molar-refractivity contribution in [2.45, 2.75) is 52.5 Å². The summed E-state index contributed by atoms with van der Waals surface area (Å²) in [5.41, 5.74) is 4.47. The van der Waals surface area contributed by atoms with E-state index in [9.17, 15) is 4.79 Å². The van der Waals surface area contributed by atoms with Crippen LogP contribution in [0, 0.1) is 24.7 Å². The number of carbonyl (C=O) groups is 1. The van der Waals surface area contributed by atoms with Crippen molar-refractivity contribution in [1.29, 1.82) is 0 Å². The highest BCUT2D eigenvalue weighted by Crippen LogP contribution is 2.49. The molecule has 166 valence electrons. The summed E-state index contributed by atoms with van der Waals surface area (Å²) in [6.45, 7) is 6.85. The quantitative estimate of drug-likeness (QED) is 0.511. The Bertz CT molecular complexity index is 1140. The summed E-state index contributed by atoms with van der Waals surface area (Å²) in [6.07, 6.45) is 5.32. The van der Waals surface area contributed by atoms with Crippen LogP contribution >= 0.6 is 0 Å². The number of carbonyl (C=O) groups excluding carboxylic acids is 1. The van der Waals surface area contributed by atoms with Crippen molar-refractivity contribution >= 4 is 16.8 Å². The third kappa shape index (κ3) is 3.99. The summed E-state index contributed by atoms with van der Waals surface area (Å²) < 4.78 is 5.57. The van der Waals surface area contributed by atoms with Crippen LogP contribution in [0.25, 0.3) is 22.2 Å². The zero-order valence-corrected chi connectivity index (χ0v) is 19.2. The summed E-state index contributed by atoms with van der Waals surface area (Å²) >= 11 is 0. The van der Waals surface area contributed by atoms with Crippen molar-refractivity contribution in [2.24, 2.45) is 17.8 Å². The van der Waals surface area contributed by atoms with Gasteiger partial charge in [0.25, 0.3) is 5.91 Å².